The monoisotopic (exact) mass is 453 g/mol. The largest absolute Gasteiger partial charge is 0.323 e. The Labute approximate surface area is 180 Å². The number of nitrogens with one attached hydrogen (secondary N) is 1. The van der Waals surface area contributed by atoms with E-state index in [1.54, 1.807) is 12.1 Å². The molecule has 1 fully saturated rings. The summed E-state index contributed by atoms with van der Waals surface area (Å²) in [6.45, 7) is 1.50. The quantitative estimate of drug-likeness (QED) is 0.690. The van der Waals surface area contributed by atoms with Gasteiger partial charge in [-0.1, -0.05) is 66.0 Å². The molecule has 1 atom stereocenters. The van der Waals surface area contributed by atoms with Gasteiger partial charge in [0.05, 0.1) is 4.90 Å². The number of fused-ring (bicyclic) bond motifs is 1. The number of nitrogens with two attached hydrogens (primary N) is 1. The lowest BCUT2D eigenvalue weighted by Crippen LogP contribution is -2.35. The van der Waals surface area contributed by atoms with Crippen molar-refractivity contribution in [2.75, 3.05) is 11.9 Å². The minimum absolute atomic E-state index is 0.0241. The first-order chi connectivity index (χ1) is 13.7. The number of sulfonamides is 1. The molecule has 154 valence electrons. The Hall–Kier alpha value is -1.64. The Morgan fingerprint density at radius 3 is 2.55 bits per heavy atom. The molecule has 2 aliphatic heterocycles. The predicted octanol–water partition coefficient (Wildman–Crippen LogP) is 3.64. The van der Waals surface area contributed by atoms with Crippen molar-refractivity contribution in [2.24, 2.45) is 5.14 Å². The summed E-state index contributed by atoms with van der Waals surface area (Å²) in [5.41, 5.74) is 1.97. The van der Waals surface area contributed by atoms with Gasteiger partial charge < -0.3 is 5.32 Å². The van der Waals surface area contributed by atoms with Gasteiger partial charge in [0, 0.05) is 23.8 Å². The number of carbonyl (C=O) groups is 1. The molecule has 2 heterocycles. The van der Waals surface area contributed by atoms with Crippen molar-refractivity contribution in [2.45, 2.75) is 41.1 Å². The second kappa shape index (κ2) is 7.56. The maximum Gasteiger partial charge on any atom is 0.265 e. The number of carbonyl (C=O) groups excluding carboxylic acids is 1. The molecule has 2 aromatic carbocycles. The molecule has 0 aromatic heterocycles. The highest BCUT2D eigenvalue weighted by Crippen LogP contribution is 2.50. The summed E-state index contributed by atoms with van der Waals surface area (Å²) in [6.07, 6.45) is 2.75. The fourth-order valence-electron chi connectivity index (χ4n) is 4.25. The summed E-state index contributed by atoms with van der Waals surface area (Å²) in [6, 6.07) is 13.2. The summed E-state index contributed by atoms with van der Waals surface area (Å²) >= 11 is 12.5. The lowest BCUT2D eigenvalue weighted by molar-refractivity contribution is -0.116. The number of halogens is 2. The molecule has 0 radical (unpaired) electrons. The molecule has 1 saturated heterocycles. The van der Waals surface area contributed by atoms with E-state index in [4.69, 9.17) is 28.3 Å². The Kier molecular flexibility index (Phi) is 5.38. The minimum atomic E-state index is -4.19. The molecule has 0 spiro atoms. The van der Waals surface area contributed by atoms with Gasteiger partial charge in [-0.15, -0.1) is 0 Å². The molecule has 0 bridgehead atoms. The van der Waals surface area contributed by atoms with E-state index < -0.39 is 20.3 Å². The summed E-state index contributed by atoms with van der Waals surface area (Å²) in [7, 11) is -4.19. The molecule has 0 saturated carbocycles. The van der Waals surface area contributed by atoms with Gasteiger partial charge in [-0.2, -0.15) is 0 Å². The van der Waals surface area contributed by atoms with Crippen LogP contribution in [0.3, 0.4) is 0 Å². The van der Waals surface area contributed by atoms with E-state index in [1.807, 2.05) is 30.3 Å². The van der Waals surface area contributed by atoms with Gasteiger partial charge in [-0.25, -0.2) is 13.6 Å². The van der Waals surface area contributed by atoms with E-state index in [1.165, 1.54) is 0 Å². The molecule has 29 heavy (non-hydrogen) atoms. The van der Waals surface area contributed by atoms with E-state index in [9.17, 15) is 13.2 Å². The first kappa shape index (κ1) is 20.6. The normalized spacial score (nSPS) is 21.6. The van der Waals surface area contributed by atoms with E-state index in [2.05, 4.69) is 10.2 Å². The predicted molar refractivity (Wildman–Crippen MR) is 113 cm³/mol. The SMILES string of the molecule is NS(=O)(=O)c1c(C2CCCCN2Cc2ccccc2)ccc2c1C(Cl)(Cl)C(=O)N2. The molecule has 6 nitrogen and oxygen atoms in total. The molecular formula is C20H21Cl2N3O3S. The number of likely N-dealkylation sites (tertiary alicyclic amines) is 1. The molecule has 9 heteroatoms. The van der Waals surface area contributed by atoms with Crippen LogP contribution >= 0.6 is 23.2 Å². The van der Waals surface area contributed by atoms with Crippen molar-refractivity contribution in [3.63, 3.8) is 0 Å². The number of primary sulfonamides is 1. The molecule has 2 aromatic rings. The van der Waals surface area contributed by atoms with Crippen LogP contribution in [0.5, 0.6) is 0 Å². The number of alkyl halides is 2. The molecule has 1 amide bonds. The van der Waals surface area contributed by atoms with Gasteiger partial charge in [-0.05, 0) is 36.6 Å². The third kappa shape index (κ3) is 3.78. The number of anilines is 1. The zero-order valence-corrected chi connectivity index (χ0v) is 17.9. The number of piperidine rings is 1. The highest BCUT2D eigenvalue weighted by molar-refractivity contribution is 7.89. The van der Waals surface area contributed by atoms with Gasteiger partial charge in [0.15, 0.2) is 0 Å². The standard InChI is InChI=1S/C20H21Cl2N3O3S/c21-20(22)17-15(24-19(20)26)10-9-14(18(17)29(23,27)28)16-8-4-5-11-25(16)12-13-6-2-1-3-7-13/h1-3,6-7,9-10,16H,4-5,8,11-12H2,(H,24,26)(H2,23,27,28). The van der Waals surface area contributed by atoms with Crippen LogP contribution in [0.4, 0.5) is 5.69 Å². The number of benzene rings is 2. The maximum atomic E-state index is 12.6. The molecule has 4 rings (SSSR count). The van der Waals surface area contributed by atoms with E-state index in [0.717, 1.165) is 31.4 Å². The Morgan fingerprint density at radius 1 is 1.14 bits per heavy atom. The third-order valence-corrected chi connectivity index (χ3v) is 7.25. The summed E-state index contributed by atoms with van der Waals surface area (Å²) in [4.78, 5) is 14.3. The number of nitrogens with zero attached hydrogens (tertiary/aromatic N) is 1. The first-order valence-electron chi connectivity index (χ1n) is 9.37. The Morgan fingerprint density at radius 2 is 1.86 bits per heavy atom. The van der Waals surface area contributed by atoms with Crippen molar-refractivity contribution in [3.8, 4) is 0 Å². The first-order valence-corrected chi connectivity index (χ1v) is 11.7. The fraction of sp³-hybridized carbons (Fsp3) is 0.350. The second-order valence-corrected chi connectivity index (χ2v) is 10.3. The lowest BCUT2D eigenvalue weighted by Gasteiger charge is -2.37. The third-order valence-electron chi connectivity index (χ3n) is 5.52. The van der Waals surface area contributed by atoms with E-state index >= 15 is 0 Å². The van der Waals surface area contributed by atoms with Crippen LogP contribution in [-0.4, -0.2) is 25.8 Å². The van der Waals surface area contributed by atoms with Crippen LogP contribution in [0.2, 0.25) is 0 Å². The van der Waals surface area contributed by atoms with Gasteiger partial charge in [0.2, 0.25) is 14.4 Å². The molecule has 0 aliphatic carbocycles. The van der Waals surface area contributed by atoms with Crippen LogP contribution in [0.15, 0.2) is 47.4 Å². The average Bonchev–Trinajstić information content (AvgIpc) is 2.90. The van der Waals surface area contributed by atoms with Gasteiger partial charge in [0.1, 0.15) is 0 Å². The van der Waals surface area contributed by atoms with Crippen LogP contribution in [0.1, 0.15) is 42.0 Å². The van der Waals surface area contributed by atoms with Crippen LogP contribution < -0.4 is 10.5 Å². The van der Waals surface area contributed by atoms with Crippen molar-refractivity contribution < 1.29 is 13.2 Å². The maximum absolute atomic E-state index is 12.6. The van der Waals surface area contributed by atoms with Gasteiger partial charge >= 0.3 is 0 Å². The van der Waals surface area contributed by atoms with Crippen molar-refractivity contribution in [1.82, 2.24) is 4.90 Å². The zero-order valence-electron chi connectivity index (χ0n) is 15.6. The van der Waals surface area contributed by atoms with Crippen molar-refractivity contribution in [3.05, 3.63) is 59.2 Å². The van der Waals surface area contributed by atoms with E-state index in [0.29, 0.717) is 12.1 Å². The minimum Gasteiger partial charge on any atom is -0.323 e. The number of hydrogen-bond donors (Lipinski definition) is 2. The van der Waals surface area contributed by atoms with Crippen molar-refractivity contribution >= 4 is 44.8 Å². The van der Waals surface area contributed by atoms with Gasteiger partial charge in [0.25, 0.3) is 5.91 Å². The number of rotatable bonds is 4. The summed E-state index contributed by atoms with van der Waals surface area (Å²) in [5, 5.41) is 8.14. The number of amides is 1. The topological polar surface area (TPSA) is 92.5 Å². The highest BCUT2D eigenvalue weighted by Gasteiger charge is 2.48. The molecule has 3 N–H and O–H groups in total. The lowest BCUT2D eigenvalue weighted by atomic mass is 9.92. The zero-order chi connectivity index (χ0) is 20.8. The molecule has 1 unspecified atom stereocenters. The van der Waals surface area contributed by atoms with Crippen LogP contribution in [0, 0.1) is 0 Å². The molecular weight excluding hydrogens is 433 g/mol. The van der Waals surface area contributed by atoms with E-state index in [-0.39, 0.29) is 22.2 Å². The average molecular weight is 454 g/mol. The highest BCUT2D eigenvalue weighted by atomic mass is 35.5. The second-order valence-electron chi connectivity index (χ2n) is 7.45. The van der Waals surface area contributed by atoms with Crippen LogP contribution in [0.25, 0.3) is 0 Å². The van der Waals surface area contributed by atoms with Crippen LogP contribution in [-0.2, 0) is 25.7 Å². The fourth-order valence-corrected chi connectivity index (χ4v) is 5.93. The summed E-state index contributed by atoms with van der Waals surface area (Å²) in [5.74, 6) is -0.678. The Balaban J connectivity index is 1.84. The van der Waals surface area contributed by atoms with Crippen molar-refractivity contribution in [1.29, 1.82) is 0 Å². The summed E-state index contributed by atoms with van der Waals surface area (Å²) < 4.78 is 23.2. The Bertz CT molecular complexity index is 1060. The number of hydrogen-bond acceptors (Lipinski definition) is 4. The smallest absolute Gasteiger partial charge is 0.265 e. The van der Waals surface area contributed by atoms with Gasteiger partial charge in [-0.3, -0.25) is 9.69 Å². The molecule has 2 aliphatic rings.